The Hall–Kier alpha value is -3.63. The molecule has 5 rings (SSSR count). The fourth-order valence-corrected chi connectivity index (χ4v) is 5.37. The topological polar surface area (TPSA) is 101 Å². The van der Waals surface area contributed by atoms with E-state index >= 15 is 0 Å². The van der Waals surface area contributed by atoms with Gasteiger partial charge in [0.25, 0.3) is 0 Å². The van der Waals surface area contributed by atoms with E-state index in [4.69, 9.17) is 14.5 Å². The highest BCUT2D eigenvalue weighted by Gasteiger charge is 2.20. The predicted molar refractivity (Wildman–Crippen MR) is 155 cm³/mol. The van der Waals surface area contributed by atoms with Crippen molar-refractivity contribution in [2.45, 2.75) is 52.9 Å². The number of hydrogen-bond acceptors (Lipinski definition) is 9. The molecule has 9 nitrogen and oxygen atoms in total. The van der Waals surface area contributed by atoms with Gasteiger partial charge in [0.05, 0.1) is 24.0 Å². The van der Waals surface area contributed by atoms with Crippen LogP contribution in [-0.2, 0) is 23.1 Å². The number of ketones is 1. The van der Waals surface area contributed by atoms with Crippen LogP contribution in [0.1, 0.15) is 51.6 Å². The Labute approximate surface area is 232 Å². The number of nitrogens with zero attached hydrogens (tertiary/aromatic N) is 6. The fourth-order valence-electron chi connectivity index (χ4n) is 4.42. The van der Waals surface area contributed by atoms with Crippen LogP contribution < -0.4 is 5.32 Å². The number of imidazole rings is 1. The number of nitrogens with one attached hydrogen (secondary N) is 1. The molecule has 0 amide bonds. The molecule has 5 aromatic rings. The molecule has 0 fully saturated rings. The van der Waals surface area contributed by atoms with Crippen molar-refractivity contribution in [3.63, 3.8) is 0 Å². The van der Waals surface area contributed by atoms with Gasteiger partial charge in [0, 0.05) is 42.8 Å². The largest absolute Gasteiger partial charge is 0.361 e. The van der Waals surface area contributed by atoms with Crippen molar-refractivity contribution in [3.8, 4) is 11.3 Å². The number of fused-ring (bicyclic) bond motifs is 3. The molecule has 1 aromatic carbocycles. The van der Waals surface area contributed by atoms with Crippen molar-refractivity contribution in [2.24, 2.45) is 0 Å². The van der Waals surface area contributed by atoms with Gasteiger partial charge in [-0.1, -0.05) is 75.4 Å². The summed E-state index contributed by atoms with van der Waals surface area (Å²) in [7, 11) is 0. The van der Waals surface area contributed by atoms with Crippen molar-refractivity contribution in [1.82, 2.24) is 29.4 Å². The first-order chi connectivity index (χ1) is 18.7. The van der Waals surface area contributed by atoms with E-state index in [9.17, 15) is 4.79 Å². The smallest absolute Gasteiger partial charge is 0.224 e. The van der Waals surface area contributed by atoms with Gasteiger partial charge in [-0.15, -0.1) is 0 Å². The zero-order valence-corrected chi connectivity index (χ0v) is 24.0. The summed E-state index contributed by atoms with van der Waals surface area (Å²) in [4.78, 5) is 30.8. The summed E-state index contributed by atoms with van der Waals surface area (Å²) in [6.07, 6.45) is 4.48. The fraction of sp³-hybridized carbons (Fsp3) is 0.414. The Morgan fingerprint density at radius 2 is 1.87 bits per heavy atom. The van der Waals surface area contributed by atoms with Crippen LogP contribution in [0.2, 0.25) is 0 Å². The number of anilines is 1. The second-order valence-electron chi connectivity index (χ2n) is 10.7. The third-order valence-electron chi connectivity index (χ3n) is 6.79. The summed E-state index contributed by atoms with van der Waals surface area (Å²) in [6.45, 7) is 14.3. The maximum absolute atomic E-state index is 12.6. The number of likely N-dealkylation sites (N-methyl/N-ethyl adjacent to an activating group) is 1. The maximum Gasteiger partial charge on any atom is 0.224 e. The molecule has 0 atom stereocenters. The lowest BCUT2D eigenvalue weighted by Crippen LogP contribution is -2.28. The van der Waals surface area contributed by atoms with Crippen molar-refractivity contribution in [2.75, 3.05) is 31.5 Å². The Morgan fingerprint density at radius 3 is 2.56 bits per heavy atom. The monoisotopic (exact) mass is 545 g/mol. The first kappa shape index (κ1) is 27.0. The summed E-state index contributed by atoms with van der Waals surface area (Å²) in [5, 5.41) is 7.40. The van der Waals surface area contributed by atoms with Gasteiger partial charge in [-0.25, -0.2) is 15.0 Å². The van der Waals surface area contributed by atoms with E-state index in [0.717, 1.165) is 64.1 Å². The Kier molecular flexibility index (Phi) is 7.76. The van der Waals surface area contributed by atoms with E-state index in [0.29, 0.717) is 18.1 Å². The number of aromatic nitrogens is 5. The lowest BCUT2D eigenvalue weighted by atomic mass is 9.93. The van der Waals surface area contributed by atoms with Crippen LogP contribution in [-0.4, -0.2) is 61.4 Å². The molecule has 4 aromatic heterocycles. The standard InChI is InChI=1S/C29H35N7O2S/c1-6-35(7-2)13-12-30-27-31-17-24-26(33-27)39-28-32-23(18-36(24)28)20-10-8-19(9-11-20)14-22(37)15-21-16-25(38-34-21)29(3,4)5/h8-11,16-18H,6-7,12-15H2,1-5H3,(H,30,31,33). The number of carbonyl (C=O) groups excluding carboxylic acids is 1. The molecule has 1 N–H and O–H groups in total. The summed E-state index contributed by atoms with van der Waals surface area (Å²) < 4.78 is 7.44. The van der Waals surface area contributed by atoms with Crippen LogP contribution >= 0.6 is 11.3 Å². The number of rotatable bonds is 11. The third kappa shape index (κ3) is 6.17. The van der Waals surface area contributed by atoms with E-state index in [1.54, 1.807) is 11.3 Å². The Bertz CT molecular complexity index is 1570. The van der Waals surface area contributed by atoms with Gasteiger partial charge < -0.3 is 14.7 Å². The Morgan fingerprint density at radius 1 is 1.10 bits per heavy atom. The quantitative estimate of drug-likeness (QED) is 0.235. The van der Waals surface area contributed by atoms with E-state index in [1.165, 1.54) is 0 Å². The lowest BCUT2D eigenvalue weighted by Gasteiger charge is -2.17. The summed E-state index contributed by atoms with van der Waals surface area (Å²) >= 11 is 1.55. The van der Waals surface area contributed by atoms with Crippen molar-refractivity contribution >= 4 is 38.4 Å². The van der Waals surface area contributed by atoms with Gasteiger partial charge in [-0.05, 0) is 18.7 Å². The van der Waals surface area contributed by atoms with Crippen molar-refractivity contribution < 1.29 is 9.32 Å². The molecule has 4 heterocycles. The second kappa shape index (κ2) is 11.2. The number of hydrogen-bond donors (Lipinski definition) is 1. The zero-order valence-electron chi connectivity index (χ0n) is 23.2. The summed E-state index contributed by atoms with van der Waals surface area (Å²) in [5.41, 5.74) is 4.32. The third-order valence-corrected chi connectivity index (χ3v) is 7.75. The summed E-state index contributed by atoms with van der Waals surface area (Å²) in [5.74, 6) is 1.53. The molecule has 0 bridgehead atoms. The molecule has 0 aliphatic rings. The highest BCUT2D eigenvalue weighted by molar-refractivity contribution is 7.23. The summed E-state index contributed by atoms with van der Waals surface area (Å²) in [6, 6.07) is 9.88. The van der Waals surface area contributed by atoms with Gasteiger partial charge in [0.1, 0.15) is 21.9 Å². The van der Waals surface area contributed by atoms with E-state index in [2.05, 4.69) is 55.0 Å². The molecule has 204 valence electrons. The van der Waals surface area contributed by atoms with Crippen molar-refractivity contribution in [1.29, 1.82) is 0 Å². The predicted octanol–water partition coefficient (Wildman–Crippen LogP) is 5.40. The molecule has 0 unspecified atom stereocenters. The molecular weight excluding hydrogens is 510 g/mol. The van der Waals surface area contributed by atoms with Gasteiger partial charge in [-0.3, -0.25) is 9.20 Å². The highest BCUT2D eigenvalue weighted by atomic mass is 32.1. The molecular formula is C29H35N7O2S. The highest BCUT2D eigenvalue weighted by Crippen LogP contribution is 2.29. The molecule has 0 aliphatic carbocycles. The van der Waals surface area contributed by atoms with E-state index in [-0.39, 0.29) is 17.6 Å². The zero-order chi connectivity index (χ0) is 27.6. The minimum Gasteiger partial charge on any atom is -0.361 e. The average molecular weight is 546 g/mol. The van der Waals surface area contributed by atoms with Crippen molar-refractivity contribution in [3.05, 3.63) is 59.7 Å². The number of thiazole rings is 1. The van der Waals surface area contributed by atoms with E-state index < -0.39 is 0 Å². The first-order valence-electron chi connectivity index (χ1n) is 13.4. The molecule has 0 saturated carbocycles. The molecule has 0 radical (unpaired) electrons. The Balaban J connectivity index is 1.23. The minimum atomic E-state index is -0.129. The molecule has 0 aliphatic heterocycles. The molecule has 0 spiro atoms. The van der Waals surface area contributed by atoms with Gasteiger partial charge in [0.15, 0.2) is 4.96 Å². The minimum absolute atomic E-state index is 0.104. The molecule has 10 heteroatoms. The maximum atomic E-state index is 12.6. The molecule has 39 heavy (non-hydrogen) atoms. The van der Waals surface area contributed by atoms with Gasteiger partial charge >= 0.3 is 0 Å². The normalized spacial score (nSPS) is 12.2. The number of Topliss-reactive ketones (excluding diaryl/α,β-unsaturated/α-hetero) is 1. The van der Waals surface area contributed by atoms with Crippen LogP contribution in [0.15, 0.2) is 47.2 Å². The second-order valence-corrected chi connectivity index (χ2v) is 11.7. The average Bonchev–Trinajstić information content (AvgIpc) is 3.62. The first-order valence-corrected chi connectivity index (χ1v) is 14.2. The molecule has 0 saturated heterocycles. The van der Waals surface area contributed by atoms with E-state index in [1.807, 2.05) is 47.1 Å². The number of carbonyl (C=O) groups is 1. The van der Waals surface area contributed by atoms with Gasteiger partial charge in [-0.2, -0.15) is 0 Å². The number of benzene rings is 1. The van der Waals surface area contributed by atoms with Crippen LogP contribution in [0.25, 0.3) is 26.6 Å². The van der Waals surface area contributed by atoms with Crippen LogP contribution in [0.4, 0.5) is 5.95 Å². The van der Waals surface area contributed by atoms with Gasteiger partial charge in [0.2, 0.25) is 5.95 Å². The van der Waals surface area contributed by atoms with Crippen LogP contribution in [0.5, 0.6) is 0 Å². The lowest BCUT2D eigenvalue weighted by molar-refractivity contribution is -0.117. The van der Waals surface area contributed by atoms with Crippen LogP contribution in [0, 0.1) is 0 Å². The van der Waals surface area contributed by atoms with Crippen LogP contribution in [0.3, 0.4) is 0 Å². The SMILES string of the molecule is CCN(CC)CCNc1ncc2c(n1)sc1nc(-c3ccc(CC(=O)Cc4cc(C(C)(C)C)on4)cc3)cn12.